The first-order valence-corrected chi connectivity index (χ1v) is 9.95. The zero-order valence-corrected chi connectivity index (χ0v) is 23.5. The van der Waals surface area contributed by atoms with Gasteiger partial charge in [-0.1, -0.05) is 28.8 Å². The maximum Gasteiger partial charge on any atom is 1.00 e. The Morgan fingerprint density at radius 1 is 0.800 bits per heavy atom. The molecule has 0 saturated heterocycles. The van der Waals surface area contributed by atoms with Gasteiger partial charge in [-0.15, -0.1) is 0 Å². The van der Waals surface area contributed by atoms with Crippen LogP contribution in [0.25, 0.3) is 0 Å². The number of hydrogen-bond donors (Lipinski definition) is 2. The molecule has 15 heteroatoms. The van der Waals surface area contributed by atoms with Crippen molar-refractivity contribution < 1.29 is 45.5 Å². The summed E-state index contributed by atoms with van der Waals surface area (Å²) in [6, 6.07) is 0. The Labute approximate surface area is 212 Å². The third-order valence-corrected chi connectivity index (χ3v) is 6.17. The normalized spacial score (nSPS) is 6.88. The van der Waals surface area contributed by atoms with Gasteiger partial charge in [0.05, 0.1) is 0 Å². The molecular weight excluding hydrogens is 490 g/mol. The molecule has 0 bridgehead atoms. The van der Waals surface area contributed by atoms with E-state index >= 15 is 0 Å². The Morgan fingerprint density at radius 3 is 1.04 bits per heavy atom. The van der Waals surface area contributed by atoms with Crippen LogP contribution >= 0.6 is 82.7 Å². The summed E-state index contributed by atoms with van der Waals surface area (Å²) in [7, 11) is 14.4. The fourth-order valence-corrected chi connectivity index (χ4v) is 2.60. The molecule has 0 amide bonds. The fourth-order valence-electron chi connectivity index (χ4n) is 0.220. The van der Waals surface area contributed by atoms with Crippen LogP contribution in [0.3, 0.4) is 0 Å². The van der Waals surface area contributed by atoms with E-state index in [1.165, 1.54) is 21.6 Å². The Hall–Kier alpha value is 1.69. The van der Waals surface area contributed by atoms with Gasteiger partial charge in [-0.05, 0) is 46.0 Å². The van der Waals surface area contributed by atoms with Gasteiger partial charge in [0.25, 0.3) is 0 Å². The summed E-state index contributed by atoms with van der Waals surface area (Å²) in [6.07, 6.45) is 0. The quantitative estimate of drug-likeness (QED) is 0.117. The van der Waals surface area contributed by atoms with Crippen LogP contribution in [0.5, 0.6) is 0 Å². The summed E-state index contributed by atoms with van der Waals surface area (Å²) < 4.78 is 4.10. The van der Waals surface area contributed by atoms with Crippen molar-refractivity contribution in [3.05, 3.63) is 0 Å². The van der Waals surface area contributed by atoms with Crippen LogP contribution in [0, 0.1) is 0 Å². The van der Waals surface area contributed by atoms with Crippen LogP contribution in [0.4, 0.5) is 0 Å². The van der Waals surface area contributed by atoms with E-state index < -0.39 is 0 Å². The maximum absolute atomic E-state index is 6.00. The molecular formula is C10H21N3NaO3S8-. The van der Waals surface area contributed by atoms with Gasteiger partial charge in [0.2, 0.25) is 0 Å². The van der Waals surface area contributed by atoms with E-state index in [0.29, 0.717) is 4.32 Å². The van der Waals surface area contributed by atoms with E-state index in [2.05, 4.69) is 49.3 Å². The van der Waals surface area contributed by atoms with Gasteiger partial charge < -0.3 is 45.0 Å². The Morgan fingerprint density at radius 2 is 0.960 bits per heavy atom. The van der Waals surface area contributed by atoms with Gasteiger partial charge in [-0.2, -0.15) is 0 Å². The molecule has 144 valence electrons. The second-order valence-electron chi connectivity index (χ2n) is 3.73. The Bertz CT molecular complexity index is 360. The molecule has 0 aliphatic rings. The van der Waals surface area contributed by atoms with Crippen LogP contribution in [-0.2, 0) is 12.6 Å². The van der Waals surface area contributed by atoms with Crippen LogP contribution < -0.4 is 29.6 Å². The van der Waals surface area contributed by atoms with Crippen molar-refractivity contribution >= 4 is 113 Å². The van der Waals surface area contributed by atoms with Crippen molar-refractivity contribution in [1.82, 2.24) is 14.7 Å². The van der Waals surface area contributed by atoms with Crippen molar-refractivity contribution in [3.8, 4) is 0 Å². The molecule has 0 aromatic rings. The minimum atomic E-state index is 0. The van der Waals surface area contributed by atoms with E-state index in [0.717, 1.165) is 8.64 Å². The first kappa shape index (κ1) is 41.1. The molecule has 0 aliphatic carbocycles. The van der Waals surface area contributed by atoms with Gasteiger partial charge in [0, 0.05) is 46.6 Å². The minimum Gasteiger partial charge on any atom is -0.870 e. The van der Waals surface area contributed by atoms with Crippen LogP contribution in [-0.4, -0.2) is 90.3 Å². The summed E-state index contributed by atoms with van der Waals surface area (Å²) in [6.45, 7) is 0. The molecule has 0 atom stereocenters. The second-order valence-corrected chi connectivity index (χ2v) is 8.83. The molecule has 0 aromatic heterocycles. The zero-order valence-electron chi connectivity index (χ0n) is 14.9. The predicted molar refractivity (Wildman–Crippen MR) is 129 cm³/mol. The molecule has 0 fully saturated rings. The molecule has 3 N–H and O–H groups in total. The standard InChI is InChI=1S/C6H12N2S4.C3H7NS2.CS2.Na.H2O2.H2O/c1-7(2)5(9)11-12-6(10)8(3)4;1-4(2)3(5)6;2-1-3;;1-2;/h1-4H3;1-2H3,(H,5,6);;;1-2H;1H2/q;;;+1;;/p-2. The van der Waals surface area contributed by atoms with Crippen molar-refractivity contribution in [1.29, 1.82) is 0 Å². The summed E-state index contributed by atoms with van der Waals surface area (Å²) in [5.74, 6) is 0. The summed E-state index contributed by atoms with van der Waals surface area (Å²) in [5, 5.41) is 12.0. The van der Waals surface area contributed by atoms with Crippen molar-refractivity contribution in [3.63, 3.8) is 0 Å². The largest absolute Gasteiger partial charge is 1.00 e. The number of nitrogens with zero attached hydrogens (tertiary/aromatic N) is 3. The monoisotopic (exact) mass is 510 g/mol. The SMILES string of the molecule is CN(C)C(=S)SSC(=S)N(C)C.CN(C)C(=S)[S-].OO.S=C=S.[Na+].[OH-]. The number of thiocarbonyl (C=S) groups is 5. The summed E-state index contributed by atoms with van der Waals surface area (Å²) >= 11 is 27.2. The molecule has 0 spiro atoms. The molecule has 0 radical (unpaired) electrons. The fraction of sp³-hybridized carbons (Fsp3) is 0.600. The molecule has 0 aromatic carbocycles. The predicted octanol–water partition coefficient (Wildman–Crippen LogP) is 0.303. The summed E-state index contributed by atoms with van der Waals surface area (Å²) in [4.78, 5) is 5.50. The van der Waals surface area contributed by atoms with E-state index in [-0.39, 0.29) is 35.0 Å². The maximum atomic E-state index is 6.00. The van der Waals surface area contributed by atoms with Gasteiger partial charge in [0.1, 0.15) is 8.64 Å². The van der Waals surface area contributed by atoms with Gasteiger partial charge in [-0.25, -0.2) is 0 Å². The Kier molecular flexibility index (Phi) is 50.1. The van der Waals surface area contributed by atoms with Crippen molar-refractivity contribution in [2.75, 3.05) is 42.3 Å². The smallest absolute Gasteiger partial charge is 0.870 e. The van der Waals surface area contributed by atoms with E-state index in [9.17, 15) is 0 Å². The first-order chi connectivity index (χ1) is 10.5. The third-order valence-electron chi connectivity index (χ3n) is 1.28. The van der Waals surface area contributed by atoms with E-state index in [4.69, 9.17) is 35.0 Å². The number of rotatable bonds is 0. The van der Waals surface area contributed by atoms with Crippen LogP contribution in [0.2, 0.25) is 0 Å². The molecule has 0 heterocycles. The van der Waals surface area contributed by atoms with Crippen molar-refractivity contribution in [2.45, 2.75) is 0 Å². The van der Waals surface area contributed by atoms with Crippen LogP contribution in [0.15, 0.2) is 0 Å². The summed E-state index contributed by atoms with van der Waals surface area (Å²) in [5.41, 5.74) is 0. The number of hydrogen-bond acceptors (Lipinski definition) is 11. The van der Waals surface area contributed by atoms with Crippen LogP contribution in [0.1, 0.15) is 0 Å². The molecule has 0 rings (SSSR count). The van der Waals surface area contributed by atoms with E-state index in [1.807, 2.05) is 56.4 Å². The zero-order chi connectivity index (χ0) is 19.6. The second kappa shape index (κ2) is 30.4. The molecule has 6 nitrogen and oxygen atoms in total. The minimum absolute atomic E-state index is 0. The third kappa shape index (κ3) is 41.3. The topological polar surface area (TPSA) is 80.2 Å². The average Bonchev–Trinajstić information content (AvgIpc) is 2.47. The van der Waals surface area contributed by atoms with Crippen molar-refractivity contribution in [2.24, 2.45) is 0 Å². The Balaban J connectivity index is -0.0000000591. The van der Waals surface area contributed by atoms with Gasteiger partial charge >= 0.3 is 29.6 Å². The average molecular weight is 511 g/mol. The van der Waals surface area contributed by atoms with Gasteiger partial charge in [0.15, 0.2) is 0 Å². The molecule has 0 saturated carbocycles. The van der Waals surface area contributed by atoms with E-state index in [1.54, 1.807) is 4.90 Å². The molecule has 0 aliphatic heterocycles. The molecule has 25 heavy (non-hydrogen) atoms. The molecule has 0 unspecified atom stereocenters. The first-order valence-electron chi connectivity index (χ1n) is 5.35. The van der Waals surface area contributed by atoms with Gasteiger partial charge in [-0.3, -0.25) is 10.5 Å².